The second kappa shape index (κ2) is 10.3. The van der Waals surface area contributed by atoms with Gasteiger partial charge in [0.05, 0.1) is 17.5 Å². The molecule has 0 bridgehead atoms. The molecule has 0 unspecified atom stereocenters. The second-order valence-electron chi connectivity index (χ2n) is 9.78. The van der Waals surface area contributed by atoms with Gasteiger partial charge in [-0.25, -0.2) is 23.7 Å². The minimum Gasteiger partial charge on any atom is -0.397 e. The lowest BCUT2D eigenvalue weighted by Gasteiger charge is -2.30. The number of fused-ring (bicyclic) bond motifs is 2. The Morgan fingerprint density at radius 3 is 2.78 bits per heavy atom. The van der Waals surface area contributed by atoms with E-state index >= 15 is 0 Å². The number of anilines is 1. The van der Waals surface area contributed by atoms with Crippen molar-refractivity contribution in [2.45, 2.75) is 63.7 Å². The Balaban J connectivity index is 1.19. The van der Waals surface area contributed by atoms with E-state index in [1.807, 2.05) is 0 Å². The summed E-state index contributed by atoms with van der Waals surface area (Å²) in [4.78, 5) is 18.0. The summed E-state index contributed by atoms with van der Waals surface area (Å²) in [6.07, 6.45) is 1.56. The third-order valence-electron chi connectivity index (χ3n) is 6.92. The predicted octanol–water partition coefficient (Wildman–Crippen LogP) is 2.52. The van der Waals surface area contributed by atoms with Gasteiger partial charge in [-0.1, -0.05) is 0 Å². The molecule has 198 valence electrons. The number of aryl methyl sites for hydroxylation is 1. The number of imidazole rings is 2. The fourth-order valence-corrected chi connectivity index (χ4v) is 4.86. The van der Waals surface area contributed by atoms with Crippen LogP contribution in [-0.2, 0) is 11.2 Å². The van der Waals surface area contributed by atoms with Crippen molar-refractivity contribution in [1.82, 2.24) is 29.4 Å². The number of aliphatic hydroxyl groups excluding tert-OH is 2. The van der Waals surface area contributed by atoms with Gasteiger partial charge >= 0.3 is 0 Å². The van der Waals surface area contributed by atoms with Crippen molar-refractivity contribution in [2.75, 3.05) is 18.8 Å². The summed E-state index contributed by atoms with van der Waals surface area (Å²) >= 11 is 0. The van der Waals surface area contributed by atoms with Gasteiger partial charge in [0.15, 0.2) is 17.7 Å². The number of nitrogens with zero attached hydrogens (tertiary/aromatic N) is 5. The first-order valence-corrected chi connectivity index (χ1v) is 12.4. The summed E-state index contributed by atoms with van der Waals surface area (Å²) in [5.74, 6) is -0.697. The topological polar surface area (TPSA) is 138 Å². The first-order chi connectivity index (χ1) is 17.7. The lowest BCUT2D eigenvalue weighted by Crippen LogP contribution is -2.43. The van der Waals surface area contributed by atoms with Gasteiger partial charge in [0, 0.05) is 37.3 Å². The number of rotatable bonds is 9. The molecular weight excluding hydrogens is 484 g/mol. The maximum absolute atomic E-state index is 13.9. The number of halogens is 2. The lowest BCUT2D eigenvalue weighted by molar-refractivity contribution is -0.0469. The first kappa shape index (κ1) is 25.5. The number of H-pyrrole nitrogens is 1. The van der Waals surface area contributed by atoms with Crippen LogP contribution in [0.15, 0.2) is 30.7 Å². The molecule has 4 atom stereocenters. The molecule has 0 spiro atoms. The minimum atomic E-state index is -1.15. The minimum absolute atomic E-state index is 0.172. The van der Waals surface area contributed by atoms with Gasteiger partial charge in [-0.05, 0) is 39.3 Å². The van der Waals surface area contributed by atoms with E-state index in [0.29, 0.717) is 35.6 Å². The average molecular weight is 516 g/mol. The summed E-state index contributed by atoms with van der Waals surface area (Å²) in [5, 5.41) is 21.5. The van der Waals surface area contributed by atoms with Crippen molar-refractivity contribution in [1.29, 1.82) is 0 Å². The Bertz CT molecular complexity index is 1390. The molecule has 1 aliphatic heterocycles. The third-order valence-corrected chi connectivity index (χ3v) is 6.92. The summed E-state index contributed by atoms with van der Waals surface area (Å²) in [6, 6.07) is 3.87. The summed E-state index contributed by atoms with van der Waals surface area (Å²) < 4.78 is 35.1. The van der Waals surface area contributed by atoms with Crippen LogP contribution in [0.2, 0.25) is 0 Å². The summed E-state index contributed by atoms with van der Waals surface area (Å²) in [7, 11) is 0. The van der Waals surface area contributed by atoms with Gasteiger partial charge in [-0.15, -0.1) is 0 Å². The van der Waals surface area contributed by atoms with Gasteiger partial charge < -0.3 is 25.7 Å². The van der Waals surface area contributed by atoms with E-state index in [0.717, 1.165) is 25.5 Å². The van der Waals surface area contributed by atoms with E-state index in [9.17, 15) is 19.0 Å². The van der Waals surface area contributed by atoms with Crippen molar-refractivity contribution in [2.24, 2.45) is 0 Å². The fraction of sp³-hybridized carbons (Fsp3) is 0.480. The number of nitrogen functional groups attached to an aromatic ring is 1. The molecule has 1 aromatic carbocycles. The SMILES string of the molecule is CC(C)N(CCCCc1nc2cc(F)cc(F)c2[nH]1)C[C@H]1O[C@@H](n2cnc3c(N)ccnc32)[C@H](O)[C@@H]1O. The molecule has 5 N–H and O–H groups in total. The van der Waals surface area contributed by atoms with Crippen molar-refractivity contribution in [3.63, 3.8) is 0 Å². The molecule has 0 amide bonds. The second-order valence-corrected chi connectivity index (χ2v) is 9.78. The first-order valence-electron chi connectivity index (χ1n) is 12.4. The molecular formula is C25H31F2N7O3. The van der Waals surface area contributed by atoms with Crippen LogP contribution < -0.4 is 5.73 Å². The Kier molecular flexibility index (Phi) is 7.08. The van der Waals surface area contributed by atoms with Crippen molar-refractivity contribution in [3.8, 4) is 0 Å². The number of aliphatic hydroxyl groups is 2. The molecule has 37 heavy (non-hydrogen) atoms. The quantitative estimate of drug-likeness (QED) is 0.250. The zero-order chi connectivity index (χ0) is 26.3. The van der Waals surface area contributed by atoms with Crippen LogP contribution in [0.4, 0.5) is 14.5 Å². The maximum atomic E-state index is 13.9. The molecule has 3 aromatic heterocycles. The smallest absolute Gasteiger partial charge is 0.165 e. The number of nitrogens with two attached hydrogens (primary N) is 1. The molecule has 0 saturated carbocycles. The van der Waals surface area contributed by atoms with Gasteiger partial charge in [0.25, 0.3) is 0 Å². The highest BCUT2D eigenvalue weighted by Gasteiger charge is 2.45. The largest absolute Gasteiger partial charge is 0.397 e. The molecule has 1 aliphatic rings. The number of ether oxygens (including phenoxy) is 1. The molecule has 4 heterocycles. The molecule has 10 nitrogen and oxygen atoms in total. The zero-order valence-corrected chi connectivity index (χ0v) is 20.7. The highest BCUT2D eigenvalue weighted by molar-refractivity contribution is 5.83. The number of unbranched alkanes of at least 4 members (excludes halogenated alkanes) is 1. The van der Waals surface area contributed by atoms with Crippen molar-refractivity contribution < 1.29 is 23.7 Å². The number of nitrogens with one attached hydrogen (secondary N) is 1. The van der Waals surface area contributed by atoms with Gasteiger partial charge in [0.1, 0.15) is 41.0 Å². The molecule has 12 heteroatoms. The fourth-order valence-electron chi connectivity index (χ4n) is 4.86. The zero-order valence-electron chi connectivity index (χ0n) is 20.7. The van der Waals surface area contributed by atoms with Crippen LogP contribution in [0.1, 0.15) is 38.7 Å². The summed E-state index contributed by atoms with van der Waals surface area (Å²) in [6.45, 7) is 5.26. The number of aromatic nitrogens is 5. The number of aromatic amines is 1. The van der Waals surface area contributed by atoms with E-state index in [1.165, 1.54) is 12.4 Å². The highest BCUT2D eigenvalue weighted by atomic mass is 19.1. The van der Waals surface area contributed by atoms with Crippen molar-refractivity contribution in [3.05, 3.63) is 48.2 Å². The molecule has 0 aliphatic carbocycles. The molecule has 0 radical (unpaired) electrons. The Labute approximate surface area is 212 Å². The monoisotopic (exact) mass is 515 g/mol. The molecule has 5 rings (SSSR count). The number of hydrogen-bond acceptors (Lipinski definition) is 8. The van der Waals surface area contributed by atoms with Gasteiger partial charge in [-0.3, -0.25) is 9.47 Å². The normalized spacial score (nSPS) is 22.3. The molecule has 1 fully saturated rings. The Hall–Kier alpha value is -3.19. The van der Waals surface area contributed by atoms with Crippen LogP contribution in [0.3, 0.4) is 0 Å². The van der Waals surface area contributed by atoms with Gasteiger partial charge in [0.2, 0.25) is 0 Å². The Morgan fingerprint density at radius 1 is 1.19 bits per heavy atom. The van der Waals surface area contributed by atoms with E-state index in [4.69, 9.17) is 10.5 Å². The third kappa shape index (κ3) is 5.01. The van der Waals surface area contributed by atoms with Crippen LogP contribution >= 0.6 is 0 Å². The van der Waals surface area contributed by atoms with Crippen molar-refractivity contribution >= 4 is 27.9 Å². The molecule has 1 saturated heterocycles. The molecule has 4 aromatic rings. The van der Waals surface area contributed by atoms with Crippen LogP contribution in [0.5, 0.6) is 0 Å². The predicted molar refractivity (Wildman–Crippen MR) is 134 cm³/mol. The van der Waals surface area contributed by atoms with E-state index < -0.39 is 36.2 Å². The van der Waals surface area contributed by atoms with Crippen LogP contribution in [0, 0.1) is 11.6 Å². The average Bonchev–Trinajstić information content (AvgIpc) is 3.53. The number of benzene rings is 1. The van der Waals surface area contributed by atoms with Crippen LogP contribution in [-0.4, -0.2) is 77.1 Å². The lowest BCUT2D eigenvalue weighted by atomic mass is 10.1. The van der Waals surface area contributed by atoms with Crippen LogP contribution in [0.25, 0.3) is 22.2 Å². The standard InChI is InChI=1S/C25H31F2N7O3/c1-13(2)33(8-4-3-5-19-31-17-10-14(26)9-15(27)20(17)32-19)11-18-22(35)23(36)25(37-18)34-12-30-21-16(28)6-7-29-24(21)34/h6-7,9-10,12-13,18,22-23,25,35-36H,3-5,8,11H2,1-2H3,(H2,28,29)(H,31,32)/t18-,22-,23-,25-/m1/s1. The maximum Gasteiger partial charge on any atom is 0.165 e. The van der Waals surface area contributed by atoms with Gasteiger partial charge in [-0.2, -0.15) is 0 Å². The summed E-state index contributed by atoms with van der Waals surface area (Å²) in [5.41, 5.74) is 7.92. The highest BCUT2D eigenvalue weighted by Crippen LogP contribution is 2.33. The number of pyridine rings is 1. The van der Waals surface area contributed by atoms with E-state index in [-0.39, 0.29) is 17.1 Å². The number of hydrogen-bond donors (Lipinski definition) is 4. The van der Waals surface area contributed by atoms with E-state index in [1.54, 1.807) is 16.8 Å². The van der Waals surface area contributed by atoms with E-state index in [2.05, 4.69) is 38.7 Å². The Morgan fingerprint density at radius 2 is 2.00 bits per heavy atom.